The van der Waals surface area contributed by atoms with Gasteiger partial charge in [-0.25, -0.2) is 14.6 Å². The molecule has 2 fully saturated rings. The molecule has 0 bridgehead atoms. The number of benzene rings is 1. The molecule has 2 aromatic heterocycles. The molecule has 13 heteroatoms. The molecule has 1 amide bonds. The zero-order valence-corrected chi connectivity index (χ0v) is 22.4. The van der Waals surface area contributed by atoms with Gasteiger partial charge in [-0.1, -0.05) is 18.2 Å². The van der Waals surface area contributed by atoms with Crippen LogP contribution in [-0.4, -0.2) is 63.0 Å². The zero-order valence-electron chi connectivity index (χ0n) is 21.5. The Morgan fingerprint density at radius 3 is 2.55 bits per heavy atom. The fraction of sp³-hybridized carbons (Fsp3) is 0.440. The lowest BCUT2D eigenvalue weighted by Gasteiger charge is -2.23. The molecule has 2 aliphatic heterocycles. The van der Waals surface area contributed by atoms with Crippen LogP contribution in [0.4, 0.5) is 5.82 Å². The Kier molecular flexibility index (Phi) is 7.45. The first-order valence-corrected chi connectivity index (χ1v) is 14.0. The lowest BCUT2D eigenvalue weighted by Crippen LogP contribution is -2.28. The highest BCUT2D eigenvalue weighted by molar-refractivity contribution is 7.57. The number of fused-ring (bicyclic) bond motifs is 2. The van der Waals surface area contributed by atoms with Crippen LogP contribution in [0.15, 0.2) is 54.7 Å². The minimum atomic E-state index is -3.45. The first kappa shape index (κ1) is 26.6. The lowest BCUT2D eigenvalue weighted by molar-refractivity contribution is -0.192. The van der Waals surface area contributed by atoms with Gasteiger partial charge in [0, 0.05) is 11.4 Å². The maximum absolute atomic E-state index is 13.0. The fourth-order valence-corrected chi connectivity index (χ4v) is 5.90. The molecule has 0 saturated carbocycles. The van der Waals surface area contributed by atoms with E-state index in [1.54, 1.807) is 55.1 Å². The van der Waals surface area contributed by atoms with E-state index in [0.29, 0.717) is 22.4 Å². The lowest BCUT2D eigenvalue weighted by atomic mass is 10.1. The maximum Gasteiger partial charge on any atom is 0.353 e. The number of amides is 1. The van der Waals surface area contributed by atoms with Crippen molar-refractivity contribution in [1.29, 1.82) is 0 Å². The summed E-state index contributed by atoms with van der Waals surface area (Å²) in [5.41, 5.74) is 0.942. The number of nitrogens with zero attached hydrogens (tertiary/aromatic N) is 4. The van der Waals surface area contributed by atoms with E-state index in [1.807, 2.05) is 19.9 Å². The van der Waals surface area contributed by atoms with Gasteiger partial charge in [0.1, 0.15) is 30.5 Å². The topological polar surface area (TPSA) is 136 Å². The summed E-state index contributed by atoms with van der Waals surface area (Å²) in [5.74, 6) is 0.543. The van der Waals surface area contributed by atoms with Gasteiger partial charge in [-0.05, 0) is 45.9 Å². The summed E-state index contributed by atoms with van der Waals surface area (Å²) in [4.78, 5) is 21.4. The molecule has 5 rings (SSSR count). The van der Waals surface area contributed by atoms with E-state index < -0.39 is 37.9 Å². The van der Waals surface area contributed by atoms with Crippen LogP contribution in [0, 0.1) is 0 Å². The first-order valence-electron chi connectivity index (χ1n) is 12.4. The molecular formula is C25H30N5O7P. The van der Waals surface area contributed by atoms with Gasteiger partial charge in [0.25, 0.3) is 5.91 Å². The summed E-state index contributed by atoms with van der Waals surface area (Å²) in [5, 5.41) is 7.86. The molecule has 3 aromatic rings. The number of ether oxygens (including phenoxy) is 3. The summed E-state index contributed by atoms with van der Waals surface area (Å²) < 4.78 is 43.9. The fourth-order valence-electron chi connectivity index (χ4n) is 4.55. The van der Waals surface area contributed by atoms with Crippen molar-refractivity contribution < 1.29 is 32.6 Å². The molecule has 0 unspecified atom stereocenters. The van der Waals surface area contributed by atoms with E-state index in [1.165, 1.54) is 12.1 Å². The monoisotopic (exact) mass is 543 g/mol. The molecule has 1 aromatic carbocycles. The molecule has 38 heavy (non-hydrogen) atoms. The van der Waals surface area contributed by atoms with Crippen molar-refractivity contribution in [2.45, 2.75) is 58.0 Å². The van der Waals surface area contributed by atoms with Crippen LogP contribution in [0.25, 0.3) is 11.0 Å². The normalized spacial score (nSPS) is 24.7. The van der Waals surface area contributed by atoms with Crippen molar-refractivity contribution in [1.82, 2.24) is 19.7 Å². The number of hydrogen-bond donors (Lipinski definition) is 1. The molecule has 0 aliphatic carbocycles. The Morgan fingerprint density at radius 2 is 1.84 bits per heavy atom. The van der Waals surface area contributed by atoms with Crippen LogP contribution in [0.1, 0.15) is 44.3 Å². The third kappa shape index (κ3) is 5.28. The van der Waals surface area contributed by atoms with E-state index in [-0.39, 0.29) is 19.1 Å². The van der Waals surface area contributed by atoms with Gasteiger partial charge in [0.2, 0.25) is 0 Å². The molecule has 2 saturated heterocycles. The van der Waals surface area contributed by atoms with E-state index in [9.17, 15) is 9.36 Å². The van der Waals surface area contributed by atoms with E-state index >= 15 is 0 Å². The van der Waals surface area contributed by atoms with Gasteiger partial charge in [-0.3, -0.25) is 9.36 Å². The molecular weight excluding hydrogens is 513 g/mol. The van der Waals surface area contributed by atoms with Crippen LogP contribution in [0.3, 0.4) is 0 Å². The summed E-state index contributed by atoms with van der Waals surface area (Å²) in [6.45, 7) is 7.59. The Morgan fingerprint density at radius 1 is 1.13 bits per heavy atom. The summed E-state index contributed by atoms with van der Waals surface area (Å²) in [6, 6.07) is 8.84. The number of hydrogen-bond acceptors (Lipinski definition) is 10. The van der Waals surface area contributed by atoms with Crippen LogP contribution in [0.2, 0.25) is 0 Å². The maximum atomic E-state index is 13.0. The van der Waals surface area contributed by atoms with Crippen molar-refractivity contribution in [3.8, 4) is 0 Å². The van der Waals surface area contributed by atoms with Crippen LogP contribution in [-0.2, 0) is 27.8 Å². The van der Waals surface area contributed by atoms with Gasteiger partial charge < -0.3 is 28.6 Å². The Bertz CT molecular complexity index is 1370. The number of nitrogens with one attached hydrogen (secondary N) is 1. The van der Waals surface area contributed by atoms with Crippen LogP contribution in [0.5, 0.6) is 0 Å². The van der Waals surface area contributed by atoms with Crippen molar-refractivity contribution in [3.63, 3.8) is 0 Å². The number of aromatic nitrogens is 4. The second kappa shape index (κ2) is 10.6. The van der Waals surface area contributed by atoms with Gasteiger partial charge >= 0.3 is 7.60 Å². The van der Waals surface area contributed by atoms with Crippen molar-refractivity contribution in [3.05, 3.63) is 60.3 Å². The van der Waals surface area contributed by atoms with E-state index in [4.69, 9.17) is 23.3 Å². The standard InChI is InChI=1S/C25H30N5O7P/c1-5-33-38(32,34-6-2)13-12-18-19-20(37-25(3,4)36-19)24(35-18)30-22-17(14-28-30)21(26-15-27-22)29-23(31)16-10-8-7-9-11-16/h7-15,18-20,24H,5-6H2,1-4H3,(H,26,27,29,31)/t18-,19-,20-,24-/m1/s1. The number of carbonyl (C=O) groups excluding carboxylic acids is 1. The second-order valence-electron chi connectivity index (χ2n) is 9.14. The van der Waals surface area contributed by atoms with Gasteiger partial charge in [0.05, 0.1) is 24.8 Å². The smallest absolute Gasteiger partial charge is 0.343 e. The first-order chi connectivity index (χ1) is 18.2. The average molecular weight is 544 g/mol. The minimum absolute atomic E-state index is 0.233. The van der Waals surface area contributed by atoms with Crippen molar-refractivity contribution in [2.24, 2.45) is 0 Å². The highest BCUT2D eigenvalue weighted by Gasteiger charge is 2.56. The summed E-state index contributed by atoms with van der Waals surface area (Å²) in [6.07, 6.45) is 2.14. The molecule has 2 aliphatic rings. The second-order valence-corrected chi connectivity index (χ2v) is 11.0. The Labute approximate surface area is 219 Å². The molecule has 202 valence electrons. The molecule has 4 atom stereocenters. The highest BCUT2D eigenvalue weighted by Crippen LogP contribution is 2.51. The van der Waals surface area contributed by atoms with Gasteiger partial charge in [-0.2, -0.15) is 5.10 Å². The summed E-state index contributed by atoms with van der Waals surface area (Å²) >= 11 is 0. The van der Waals surface area contributed by atoms with Crippen molar-refractivity contribution in [2.75, 3.05) is 18.5 Å². The quantitative estimate of drug-likeness (QED) is 0.390. The SMILES string of the molecule is CCOP(=O)(C=C[C@H]1O[C@@H](n2ncc3c(NC(=O)c4ccccc4)ncnc32)[C@@H]2OC(C)(C)O[C@@H]21)OCC. The predicted octanol–water partition coefficient (Wildman–Crippen LogP) is 4.28. The third-order valence-electron chi connectivity index (χ3n) is 6.04. The minimum Gasteiger partial charge on any atom is -0.343 e. The largest absolute Gasteiger partial charge is 0.353 e. The van der Waals surface area contributed by atoms with Crippen molar-refractivity contribution >= 4 is 30.4 Å². The van der Waals surface area contributed by atoms with E-state index in [2.05, 4.69) is 20.4 Å². The Balaban J connectivity index is 1.44. The molecule has 4 heterocycles. The number of carbonyl (C=O) groups is 1. The van der Waals surface area contributed by atoms with Gasteiger partial charge in [-0.15, -0.1) is 0 Å². The molecule has 0 radical (unpaired) electrons. The average Bonchev–Trinajstić information content (AvgIpc) is 3.55. The van der Waals surface area contributed by atoms with Crippen LogP contribution >= 0.6 is 7.60 Å². The highest BCUT2D eigenvalue weighted by atomic mass is 31.2. The number of anilines is 1. The predicted molar refractivity (Wildman–Crippen MR) is 137 cm³/mol. The molecule has 1 N–H and O–H groups in total. The third-order valence-corrected chi connectivity index (χ3v) is 7.81. The van der Waals surface area contributed by atoms with Gasteiger partial charge in [0.15, 0.2) is 17.7 Å². The Hall–Kier alpha value is -2.99. The zero-order chi connectivity index (χ0) is 26.9. The van der Waals surface area contributed by atoms with Crippen LogP contribution < -0.4 is 5.32 Å². The molecule has 0 spiro atoms. The summed E-state index contributed by atoms with van der Waals surface area (Å²) in [7, 11) is -3.45. The number of rotatable bonds is 9. The van der Waals surface area contributed by atoms with E-state index in [0.717, 1.165) is 0 Å². The molecule has 12 nitrogen and oxygen atoms in total.